The second-order valence-electron chi connectivity index (χ2n) is 8.66. The fourth-order valence-corrected chi connectivity index (χ4v) is 5.25. The van der Waals surface area contributed by atoms with Crippen LogP contribution in [0.5, 0.6) is 5.75 Å². The quantitative estimate of drug-likeness (QED) is 0.256. The SMILES string of the molecule is N[C@@]1(c2ccc(OCc3cc(Cl)nc(Cl)c3)cc2)CCN(C(C(=O)NO)C2CCNCC2)C1=O. The maximum atomic E-state index is 13.5. The van der Waals surface area contributed by atoms with Crippen molar-refractivity contribution in [1.29, 1.82) is 0 Å². The summed E-state index contributed by atoms with van der Waals surface area (Å²) < 4.78 is 5.80. The summed E-state index contributed by atoms with van der Waals surface area (Å²) in [5.41, 5.74) is 8.49. The van der Waals surface area contributed by atoms with Crippen LogP contribution >= 0.6 is 23.2 Å². The van der Waals surface area contributed by atoms with E-state index in [4.69, 9.17) is 33.7 Å². The van der Waals surface area contributed by atoms with Crippen molar-refractivity contribution in [2.45, 2.75) is 37.5 Å². The first kappa shape index (κ1) is 24.7. The monoisotopic (exact) mass is 507 g/mol. The van der Waals surface area contributed by atoms with E-state index in [-0.39, 0.29) is 28.7 Å². The minimum absolute atomic E-state index is 0.0503. The third kappa shape index (κ3) is 5.13. The van der Waals surface area contributed by atoms with E-state index < -0.39 is 17.5 Å². The molecule has 0 aliphatic carbocycles. The van der Waals surface area contributed by atoms with Gasteiger partial charge in [0, 0.05) is 6.54 Å². The number of likely N-dealkylation sites (tertiary alicyclic amines) is 1. The number of ether oxygens (including phenoxy) is 1. The number of carbonyl (C=O) groups excluding carboxylic acids is 2. The number of rotatable bonds is 7. The predicted molar refractivity (Wildman–Crippen MR) is 127 cm³/mol. The summed E-state index contributed by atoms with van der Waals surface area (Å²) in [5.74, 6) is -0.365. The van der Waals surface area contributed by atoms with E-state index in [9.17, 15) is 14.8 Å². The van der Waals surface area contributed by atoms with Gasteiger partial charge in [-0.05, 0) is 73.7 Å². The van der Waals surface area contributed by atoms with Crippen molar-refractivity contribution in [3.63, 3.8) is 0 Å². The van der Waals surface area contributed by atoms with Crippen LogP contribution in [0.15, 0.2) is 36.4 Å². The molecule has 0 saturated carbocycles. The number of aromatic nitrogens is 1. The number of benzene rings is 1. The molecule has 0 spiro atoms. The van der Waals surface area contributed by atoms with Crippen LogP contribution in [0.25, 0.3) is 0 Å². The van der Waals surface area contributed by atoms with Crippen LogP contribution in [-0.4, -0.2) is 52.6 Å². The number of halogens is 2. The first-order valence-corrected chi connectivity index (χ1v) is 11.9. The number of piperidine rings is 1. The van der Waals surface area contributed by atoms with Crippen LogP contribution in [0, 0.1) is 5.92 Å². The van der Waals surface area contributed by atoms with Crippen LogP contribution in [0.1, 0.15) is 30.4 Å². The van der Waals surface area contributed by atoms with E-state index >= 15 is 0 Å². The fraction of sp³-hybridized carbons (Fsp3) is 0.435. The molecule has 1 aromatic heterocycles. The van der Waals surface area contributed by atoms with Gasteiger partial charge in [0.05, 0.1) is 0 Å². The van der Waals surface area contributed by atoms with E-state index in [0.717, 1.165) is 31.5 Å². The Morgan fingerprint density at radius 3 is 2.53 bits per heavy atom. The molecule has 1 unspecified atom stereocenters. The molecule has 2 amide bonds. The van der Waals surface area contributed by atoms with Gasteiger partial charge in [-0.25, -0.2) is 10.5 Å². The van der Waals surface area contributed by atoms with Crippen LogP contribution in [0.4, 0.5) is 0 Å². The Hall–Kier alpha value is -2.43. The Labute approximate surface area is 207 Å². The van der Waals surface area contributed by atoms with Gasteiger partial charge in [-0.3, -0.25) is 14.8 Å². The predicted octanol–water partition coefficient (Wildman–Crippen LogP) is 2.23. The van der Waals surface area contributed by atoms with E-state index in [1.54, 1.807) is 41.9 Å². The molecule has 2 atom stereocenters. The number of carbonyl (C=O) groups is 2. The molecule has 182 valence electrons. The van der Waals surface area contributed by atoms with Gasteiger partial charge in [0.1, 0.15) is 34.2 Å². The second-order valence-corrected chi connectivity index (χ2v) is 9.44. The molecule has 2 fully saturated rings. The highest BCUT2D eigenvalue weighted by Gasteiger charge is 2.50. The number of nitrogens with zero attached hydrogens (tertiary/aromatic N) is 2. The Kier molecular flexibility index (Phi) is 7.59. The molecular weight excluding hydrogens is 481 g/mol. The van der Waals surface area contributed by atoms with Crippen molar-refractivity contribution in [2.75, 3.05) is 19.6 Å². The maximum absolute atomic E-state index is 13.5. The van der Waals surface area contributed by atoms with E-state index in [0.29, 0.717) is 24.3 Å². The normalized spacial score (nSPS) is 22.0. The zero-order chi connectivity index (χ0) is 24.3. The van der Waals surface area contributed by atoms with Crippen molar-refractivity contribution < 1.29 is 19.5 Å². The molecule has 2 saturated heterocycles. The van der Waals surface area contributed by atoms with Gasteiger partial charge in [0.15, 0.2) is 0 Å². The van der Waals surface area contributed by atoms with Crippen LogP contribution in [-0.2, 0) is 21.7 Å². The molecule has 1 aromatic carbocycles. The number of hydroxylamine groups is 1. The lowest BCUT2D eigenvalue weighted by Crippen LogP contribution is -2.56. The van der Waals surface area contributed by atoms with E-state index in [1.807, 2.05) is 0 Å². The summed E-state index contributed by atoms with van der Waals surface area (Å²) in [6.07, 6.45) is 1.83. The molecular formula is C23H27Cl2N5O4. The van der Waals surface area contributed by atoms with E-state index in [1.165, 1.54) is 4.90 Å². The highest BCUT2D eigenvalue weighted by atomic mass is 35.5. The number of pyridine rings is 1. The van der Waals surface area contributed by atoms with Crippen LogP contribution in [0.3, 0.4) is 0 Å². The van der Waals surface area contributed by atoms with Crippen molar-refractivity contribution in [2.24, 2.45) is 11.7 Å². The fourth-order valence-electron chi connectivity index (χ4n) is 4.74. The van der Waals surface area contributed by atoms with Gasteiger partial charge in [0.25, 0.3) is 5.91 Å². The molecule has 2 aromatic rings. The van der Waals surface area contributed by atoms with Gasteiger partial charge >= 0.3 is 0 Å². The lowest BCUT2D eigenvalue weighted by Gasteiger charge is -2.36. The van der Waals surface area contributed by atoms with E-state index in [2.05, 4.69) is 10.3 Å². The van der Waals surface area contributed by atoms with Crippen molar-refractivity contribution in [3.05, 3.63) is 57.8 Å². The Morgan fingerprint density at radius 2 is 1.91 bits per heavy atom. The zero-order valence-electron chi connectivity index (χ0n) is 18.5. The van der Waals surface area contributed by atoms with Crippen LogP contribution < -0.4 is 21.3 Å². The summed E-state index contributed by atoms with van der Waals surface area (Å²) in [5, 5.41) is 13.1. The molecule has 34 heavy (non-hydrogen) atoms. The molecule has 4 rings (SSSR count). The van der Waals surface area contributed by atoms with Gasteiger partial charge in [-0.15, -0.1) is 0 Å². The topological polar surface area (TPSA) is 130 Å². The molecule has 11 heteroatoms. The summed E-state index contributed by atoms with van der Waals surface area (Å²) in [4.78, 5) is 31.4. The number of nitrogens with two attached hydrogens (primary N) is 1. The van der Waals surface area contributed by atoms with Crippen LogP contribution in [0.2, 0.25) is 10.3 Å². The lowest BCUT2D eigenvalue weighted by atomic mass is 9.87. The highest BCUT2D eigenvalue weighted by molar-refractivity contribution is 6.32. The van der Waals surface area contributed by atoms with Gasteiger partial charge in [-0.2, -0.15) is 0 Å². The minimum atomic E-state index is -1.26. The zero-order valence-corrected chi connectivity index (χ0v) is 20.0. The second kappa shape index (κ2) is 10.5. The minimum Gasteiger partial charge on any atom is -0.489 e. The third-order valence-electron chi connectivity index (χ3n) is 6.53. The molecule has 3 heterocycles. The number of amides is 2. The molecule has 0 bridgehead atoms. The first-order valence-electron chi connectivity index (χ1n) is 11.1. The third-order valence-corrected chi connectivity index (χ3v) is 6.92. The standard InChI is InChI=1S/C23H27Cl2N5O4/c24-18-11-14(12-19(25)28-18)13-34-17-3-1-16(2-4-17)23(26)7-10-30(22(23)32)20(21(31)29-33)15-5-8-27-9-6-15/h1-4,11-12,15,20,27,33H,5-10,13,26H2,(H,29,31)/t20?,23-/m1/s1. The summed E-state index contributed by atoms with van der Waals surface area (Å²) >= 11 is 11.8. The molecule has 9 nitrogen and oxygen atoms in total. The summed E-state index contributed by atoms with van der Waals surface area (Å²) in [6.45, 7) is 2.10. The lowest BCUT2D eigenvalue weighted by molar-refractivity contribution is -0.146. The van der Waals surface area contributed by atoms with Gasteiger partial charge in [0.2, 0.25) is 5.91 Å². The molecule has 0 radical (unpaired) electrons. The molecule has 2 aliphatic rings. The Balaban J connectivity index is 1.47. The van der Waals surface area contributed by atoms with Crippen molar-refractivity contribution in [1.82, 2.24) is 20.7 Å². The van der Waals surface area contributed by atoms with Crippen molar-refractivity contribution >= 4 is 35.0 Å². The number of hydrogen-bond donors (Lipinski definition) is 4. The van der Waals surface area contributed by atoms with Gasteiger partial charge < -0.3 is 20.7 Å². The average Bonchev–Trinajstić information content (AvgIpc) is 3.13. The number of hydrogen-bond acceptors (Lipinski definition) is 7. The van der Waals surface area contributed by atoms with Crippen molar-refractivity contribution in [3.8, 4) is 5.75 Å². The first-order chi connectivity index (χ1) is 16.3. The van der Waals surface area contributed by atoms with Gasteiger partial charge in [-0.1, -0.05) is 35.3 Å². The largest absolute Gasteiger partial charge is 0.489 e. The summed E-state index contributed by atoms with van der Waals surface area (Å²) in [6, 6.07) is 9.59. The Bertz CT molecular complexity index is 1030. The Morgan fingerprint density at radius 1 is 1.26 bits per heavy atom. The highest BCUT2D eigenvalue weighted by Crippen LogP contribution is 2.35. The molecule has 5 N–H and O–H groups in total. The summed E-state index contributed by atoms with van der Waals surface area (Å²) in [7, 11) is 0. The molecule has 2 aliphatic heterocycles. The maximum Gasteiger partial charge on any atom is 0.266 e. The average molecular weight is 508 g/mol. The number of nitrogens with one attached hydrogen (secondary N) is 2. The smallest absolute Gasteiger partial charge is 0.266 e.